The van der Waals surface area contributed by atoms with Gasteiger partial charge in [-0.25, -0.2) is 4.79 Å². The lowest BCUT2D eigenvalue weighted by Gasteiger charge is -2.07. The van der Waals surface area contributed by atoms with Crippen molar-refractivity contribution in [3.8, 4) is 5.75 Å². The first-order valence-corrected chi connectivity index (χ1v) is 8.32. The van der Waals surface area contributed by atoms with E-state index in [1.165, 1.54) is 0 Å². The highest BCUT2D eigenvalue weighted by Crippen LogP contribution is 2.18. The molecule has 0 aliphatic carbocycles. The normalized spacial score (nSPS) is 10.9. The molecule has 0 saturated carbocycles. The van der Waals surface area contributed by atoms with Crippen molar-refractivity contribution in [2.75, 3.05) is 13.2 Å². The zero-order valence-corrected chi connectivity index (χ0v) is 14.9. The maximum atomic E-state index is 12.0. The summed E-state index contributed by atoms with van der Waals surface area (Å²) < 4.78 is 10.1. The van der Waals surface area contributed by atoms with E-state index in [-0.39, 0.29) is 12.5 Å². The number of carbonyl (C=O) groups is 2. The lowest BCUT2D eigenvalue weighted by Crippen LogP contribution is -2.20. The van der Waals surface area contributed by atoms with Gasteiger partial charge in [-0.1, -0.05) is 18.2 Å². The first-order chi connectivity index (χ1) is 12.6. The molecule has 0 aliphatic rings. The van der Waals surface area contributed by atoms with Crippen LogP contribution < -0.4 is 10.1 Å². The van der Waals surface area contributed by atoms with Crippen LogP contribution in [-0.4, -0.2) is 30.1 Å². The molecule has 0 saturated heterocycles. The lowest BCUT2D eigenvalue weighted by molar-refractivity contribution is -0.145. The van der Waals surface area contributed by atoms with E-state index in [0.29, 0.717) is 18.9 Å². The summed E-state index contributed by atoms with van der Waals surface area (Å²) in [4.78, 5) is 27.3. The summed E-state index contributed by atoms with van der Waals surface area (Å²) in [5.74, 6) is -0.0115. The fraction of sp³-hybridized carbons (Fsp3) is 0.250. The minimum absolute atomic E-state index is 0.126. The average Bonchev–Trinajstić information content (AvgIpc) is 2.66. The van der Waals surface area contributed by atoms with Gasteiger partial charge in [0.05, 0.1) is 6.61 Å². The second-order valence-electron chi connectivity index (χ2n) is 5.52. The molecule has 26 heavy (non-hydrogen) atoms. The van der Waals surface area contributed by atoms with Crippen LogP contribution >= 0.6 is 0 Å². The molecule has 0 bridgehead atoms. The number of ether oxygens (including phenoxy) is 2. The molecule has 1 N–H and O–H groups in total. The third kappa shape index (κ3) is 6.39. The van der Waals surface area contributed by atoms with Crippen molar-refractivity contribution in [2.45, 2.75) is 20.4 Å². The summed E-state index contributed by atoms with van der Waals surface area (Å²) in [5, 5.41) is 2.82. The quantitative estimate of drug-likeness (QED) is 0.583. The van der Waals surface area contributed by atoms with Gasteiger partial charge >= 0.3 is 5.97 Å². The fourth-order valence-electron chi connectivity index (χ4n) is 2.18. The Hall–Kier alpha value is -3.15. The summed E-state index contributed by atoms with van der Waals surface area (Å²) in [7, 11) is 0. The first kappa shape index (κ1) is 19.2. The Balaban J connectivity index is 1.87. The Kier molecular flexibility index (Phi) is 7.36. The maximum absolute atomic E-state index is 12.0. The molecule has 136 valence electrons. The molecule has 2 aromatic rings. The highest BCUT2D eigenvalue weighted by Gasteiger charge is 2.05. The van der Waals surface area contributed by atoms with E-state index in [0.717, 1.165) is 16.7 Å². The largest absolute Gasteiger partial charge is 0.482 e. The predicted molar refractivity (Wildman–Crippen MR) is 98.3 cm³/mol. The van der Waals surface area contributed by atoms with Crippen LogP contribution in [0.3, 0.4) is 0 Å². The Labute approximate surface area is 152 Å². The van der Waals surface area contributed by atoms with Gasteiger partial charge in [-0.05, 0) is 48.7 Å². The topological polar surface area (TPSA) is 77.5 Å². The van der Waals surface area contributed by atoms with Crippen molar-refractivity contribution in [3.63, 3.8) is 0 Å². The van der Waals surface area contributed by atoms with Crippen LogP contribution in [-0.2, 0) is 20.9 Å². The molecule has 1 aromatic heterocycles. The molecule has 0 atom stereocenters. The average molecular weight is 354 g/mol. The van der Waals surface area contributed by atoms with E-state index in [1.54, 1.807) is 37.5 Å². The third-order valence-electron chi connectivity index (χ3n) is 3.51. The summed E-state index contributed by atoms with van der Waals surface area (Å²) in [5.41, 5.74) is 2.66. The summed E-state index contributed by atoms with van der Waals surface area (Å²) in [6.45, 7) is 4.23. The van der Waals surface area contributed by atoms with E-state index in [4.69, 9.17) is 9.47 Å². The zero-order valence-electron chi connectivity index (χ0n) is 14.9. The van der Waals surface area contributed by atoms with Crippen molar-refractivity contribution in [2.24, 2.45) is 0 Å². The standard InChI is InChI=1S/C20H22N2O4/c1-3-25-20(24)14-26-18-8-6-17(7-9-18)15(2)11-19(23)22-13-16-5-4-10-21-12-16/h4-12H,3,13-14H2,1-2H3,(H,22,23). The van der Waals surface area contributed by atoms with Crippen molar-refractivity contribution < 1.29 is 19.1 Å². The van der Waals surface area contributed by atoms with Gasteiger partial charge in [0.25, 0.3) is 0 Å². The van der Waals surface area contributed by atoms with Gasteiger partial charge in [0, 0.05) is 25.0 Å². The molecule has 0 radical (unpaired) electrons. The number of carbonyl (C=O) groups excluding carboxylic acids is 2. The van der Waals surface area contributed by atoms with E-state index in [2.05, 4.69) is 10.3 Å². The molecule has 0 aliphatic heterocycles. The third-order valence-corrected chi connectivity index (χ3v) is 3.51. The number of esters is 1. The Morgan fingerprint density at radius 1 is 1.19 bits per heavy atom. The van der Waals surface area contributed by atoms with Crippen molar-refractivity contribution in [3.05, 3.63) is 66.0 Å². The van der Waals surface area contributed by atoms with E-state index in [9.17, 15) is 9.59 Å². The van der Waals surface area contributed by atoms with Gasteiger partial charge in [-0.15, -0.1) is 0 Å². The minimum atomic E-state index is -0.405. The molecule has 1 aromatic carbocycles. The second-order valence-corrected chi connectivity index (χ2v) is 5.52. The highest BCUT2D eigenvalue weighted by molar-refractivity contribution is 5.94. The number of allylic oxidation sites excluding steroid dienone is 1. The summed E-state index contributed by atoms with van der Waals surface area (Å²) in [6.07, 6.45) is 4.95. The van der Waals surface area contributed by atoms with Crippen LogP contribution in [0.15, 0.2) is 54.9 Å². The zero-order chi connectivity index (χ0) is 18.8. The van der Waals surface area contributed by atoms with Gasteiger partial charge in [-0.2, -0.15) is 0 Å². The van der Waals surface area contributed by atoms with Gasteiger partial charge in [0.2, 0.25) is 5.91 Å². The van der Waals surface area contributed by atoms with E-state index < -0.39 is 5.97 Å². The lowest BCUT2D eigenvalue weighted by atomic mass is 10.1. The van der Waals surface area contributed by atoms with Crippen LogP contribution in [0.2, 0.25) is 0 Å². The number of rotatable bonds is 8. The van der Waals surface area contributed by atoms with Crippen LogP contribution in [0.4, 0.5) is 0 Å². The molecule has 0 spiro atoms. The number of hydrogen-bond acceptors (Lipinski definition) is 5. The molecule has 6 nitrogen and oxygen atoms in total. The Morgan fingerprint density at radius 3 is 2.62 bits per heavy atom. The molecule has 0 fully saturated rings. The number of amides is 1. The molecular weight excluding hydrogens is 332 g/mol. The minimum Gasteiger partial charge on any atom is -0.482 e. The summed E-state index contributed by atoms with van der Waals surface area (Å²) in [6, 6.07) is 10.9. The molecule has 2 rings (SSSR count). The molecule has 1 amide bonds. The van der Waals surface area contributed by atoms with Gasteiger partial charge in [0.15, 0.2) is 6.61 Å². The van der Waals surface area contributed by atoms with Crippen molar-refractivity contribution >= 4 is 17.4 Å². The fourth-order valence-corrected chi connectivity index (χ4v) is 2.18. The number of hydrogen-bond donors (Lipinski definition) is 1. The number of nitrogens with one attached hydrogen (secondary N) is 1. The molecule has 6 heteroatoms. The molecule has 0 unspecified atom stereocenters. The second kappa shape index (κ2) is 9.98. The number of benzene rings is 1. The molecular formula is C20H22N2O4. The van der Waals surface area contributed by atoms with Crippen LogP contribution in [0.1, 0.15) is 25.0 Å². The smallest absolute Gasteiger partial charge is 0.344 e. The first-order valence-electron chi connectivity index (χ1n) is 8.32. The number of aromatic nitrogens is 1. The van der Waals surface area contributed by atoms with Crippen LogP contribution in [0.5, 0.6) is 5.75 Å². The van der Waals surface area contributed by atoms with Gasteiger partial charge in [-0.3, -0.25) is 9.78 Å². The van der Waals surface area contributed by atoms with Gasteiger partial charge < -0.3 is 14.8 Å². The number of nitrogens with zero attached hydrogens (tertiary/aromatic N) is 1. The summed E-state index contributed by atoms with van der Waals surface area (Å²) >= 11 is 0. The van der Waals surface area contributed by atoms with Crippen molar-refractivity contribution in [1.29, 1.82) is 0 Å². The monoisotopic (exact) mass is 354 g/mol. The number of pyridine rings is 1. The van der Waals surface area contributed by atoms with Crippen molar-refractivity contribution in [1.82, 2.24) is 10.3 Å². The Morgan fingerprint density at radius 2 is 1.96 bits per heavy atom. The molecule has 1 heterocycles. The van der Waals surface area contributed by atoms with E-state index >= 15 is 0 Å². The van der Waals surface area contributed by atoms with E-state index in [1.807, 2.05) is 31.2 Å². The van der Waals surface area contributed by atoms with Gasteiger partial charge in [0.1, 0.15) is 5.75 Å². The maximum Gasteiger partial charge on any atom is 0.344 e. The SMILES string of the molecule is CCOC(=O)COc1ccc(C(C)=CC(=O)NCc2cccnc2)cc1. The van der Waals surface area contributed by atoms with Crippen LogP contribution in [0.25, 0.3) is 5.57 Å². The highest BCUT2D eigenvalue weighted by atomic mass is 16.6. The Bertz CT molecular complexity index is 755. The predicted octanol–water partition coefficient (Wildman–Crippen LogP) is 2.74. The van der Waals surface area contributed by atoms with Crippen LogP contribution in [0, 0.1) is 0 Å².